The summed E-state index contributed by atoms with van der Waals surface area (Å²) in [6.07, 6.45) is 1.54. The fraction of sp³-hybridized carbons (Fsp3) is 0.440. The van der Waals surface area contributed by atoms with E-state index in [2.05, 4.69) is 5.32 Å². The molecule has 9 heteroatoms. The molecule has 0 aliphatic rings. The molecule has 186 valence electrons. The predicted molar refractivity (Wildman–Crippen MR) is 137 cm³/mol. The first-order chi connectivity index (χ1) is 16.0. The molecule has 0 radical (unpaired) electrons. The van der Waals surface area contributed by atoms with Gasteiger partial charge in [-0.15, -0.1) is 0 Å². The lowest BCUT2D eigenvalue weighted by Crippen LogP contribution is -2.48. The second-order valence-electron chi connectivity index (χ2n) is 8.70. The smallest absolute Gasteiger partial charge is 0.242 e. The van der Waals surface area contributed by atoms with Crippen LogP contribution in [0, 0.1) is 5.92 Å². The number of sulfonamides is 1. The largest absolute Gasteiger partial charge is 0.354 e. The monoisotopic (exact) mass is 507 g/mol. The molecule has 2 aromatic carbocycles. The van der Waals surface area contributed by atoms with Crippen LogP contribution in [0.5, 0.6) is 0 Å². The summed E-state index contributed by atoms with van der Waals surface area (Å²) < 4.78 is 25.9. The highest BCUT2D eigenvalue weighted by molar-refractivity contribution is 7.92. The van der Waals surface area contributed by atoms with Gasteiger partial charge in [0.1, 0.15) is 6.04 Å². The maximum Gasteiger partial charge on any atom is 0.242 e. The fourth-order valence-corrected chi connectivity index (χ4v) is 4.60. The zero-order chi connectivity index (χ0) is 25.3. The molecule has 1 atom stereocenters. The van der Waals surface area contributed by atoms with Crippen molar-refractivity contribution in [3.63, 3.8) is 0 Å². The van der Waals surface area contributed by atoms with Crippen LogP contribution in [0.15, 0.2) is 54.6 Å². The number of hydrogen-bond donors (Lipinski definition) is 1. The third kappa shape index (κ3) is 8.33. The molecule has 7 nitrogen and oxygen atoms in total. The molecule has 0 bridgehead atoms. The van der Waals surface area contributed by atoms with Gasteiger partial charge < -0.3 is 10.2 Å². The molecule has 0 saturated heterocycles. The second kappa shape index (κ2) is 12.8. The number of nitrogens with zero attached hydrogens (tertiary/aromatic N) is 2. The molecule has 2 amide bonds. The number of halogens is 1. The maximum absolute atomic E-state index is 13.2. The van der Waals surface area contributed by atoms with Crippen LogP contribution in [0.25, 0.3) is 0 Å². The highest BCUT2D eigenvalue weighted by Gasteiger charge is 2.27. The van der Waals surface area contributed by atoms with Gasteiger partial charge in [-0.05, 0) is 43.0 Å². The molecule has 34 heavy (non-hydrogen) atoms. The number of para-hydroxylation sites is 1. The highest BCUT2D eigenvalue weighted by Crippen LogP contribution is 2.21. The quantitative estimate of drug-likeness (QED) is 0.469. The number of amides is 2. The number of nitrogens with one attached hydrogen (secondary N) is 1. The Morgan fingerprint density at radius 3 is 2.21 bits per heavy atom. The lowest BCUT2D eigenvalue weighted by Gasteiger charge is -2.30. The SMILES string of the molecule is CC(C)CNC(=O)C(C)N(Cc1ccccc1Cl)C(=O)CCCN(c1ccccc1)S(C)(=O)=O. The summed E-state index contributed by atoms with van der Waals surface area (Å²) in [7, 11) is -3.51. The first-order valence-corrected chi connectivity index (χ1v) is 13.6. The standard InChI is InChI=1S/C25H34ClN3O4S/c1-19(2)17-27-25(31)20(3)28(18-21-11-8-9-14-23(21)26)24(30)15-10-16-29(34(4,32)33)22-12-6-5-7-13-22/h5-9,11-14,19-20H,10,15-18H2,1-4H3,(H,27,31). The Kier molecular flexibility index (Phi) is 10.4. The molecule has 0 spiro atoms. The minimum absolute atomic E-state index is 0.0884. The molecule has 2 aromatic rings. The summed E-state index contributed by atoms with van der Waals surface area (Å²) in [6.45, 7) is 6.54. The summed E-state index contributed by atoms with van der Waals surface area (Å²) in [4.78, 5) is 27.5. The molecule has 0 aromatic heterocycles. The molecule has 1 unspecified atom stereocenters. The molecule has 0 aliphatic carbocycles. The van der Waals surface area contributed by atoms with Gasteiger partial charge in [0.15, 0.2) is 0 Å². The average Bonchev–Trinajstić information content (AvgIpc) is 2.78. The minimum atomic E-state index is -3.51. The van der Waals surface area contributed by atoms with Crippen LogP contribution in [0.2, 0.25) is 5.02 Å². The molecule has 0 fully saturated rings. The van der Waals surface area contributed by atoms with Gasteiger partial charge in [-0.25, -0.2) is 8.42 Å². The van der Waals surface area contributed by atoms with Crippen molar-refractivity contribution in [1.29, 1.82) is 0 Å². The van der Waals surface area contributed by atoms with E-state index in [0.717, 1.165) is 11.8 Å². The first kappa shape index (κ1) is 27.7. The van der Waals surface area contributed by atoms with Gasteiger partial charge in [0.05, 0.1) is 11.9 Å². The van der Waals surface area contributed by atoms with Gasteiger partial charge >= 0.3 is 0 Å². The number of benzene rings is 2. The van der Waals surface area contributed by atoms with Crippen LogP contribution in [-0.2, 0) is 26.2 Å². The zero-order valence-electron chi connectivity index (χ0n) is 20.2. The van der Waals surface area contributed by atoms with Crippen LogP contribution in [-0.4, -0.2) is 50.5 Å². The third-order valence-electron chi connectivity index (χ3n) is 5.35. The van der Waals surface area contributed by atoms with E-state index in [1.165, 1.54) is 9.21 Å². The fourth-order valence-electron chi connectivity index (χ4n) is 3.44. The van der Waals surface area contributed by atoms with E-state index in [0.29, 0.717) is 23.7 Å². The molecule has 1 N–H and O–H groups in total. The van der Waals surface area contributed by atoms with Crippen LogP contribution in [0.4, 0.5) is 5.69 Å². The van der Waals surface area contributed by atoms with E-state index < -0.39 is 16.1 Å². The van der Waals surface area contributed by atoms with E-state index >= 15 is 0 Å². The first-order valence-electron chi connectivity index (χ1n) is 11.3. The summed E-state index contributed by atoms with van der Waals surface area (Å²) in [5.74, 6) is -0.200. The minimum Gasteiger partial charge on any atom is -0.354 e. The Balaban J connectivity index is 2.15. The van der Waals surface area contributed by atoms with Crippen LogP contribution < -0.4 is 9.62 Å². The van der Waals surface area contributed by atoms with E-state index in [1.54, 1.807) is 43.3 Å². The van der Waals surface area contributed by atoms with E-state index in [-0.39, 0.29) is 37.2 Å². The number of carbonyl (C=O) groups is 2. The maximum atomic E-state index is 13.2. The van der Waals surface area contributed by atoms with Crippen molar-refractivity contribution in [3.05, 3.63) is 65.2 Å². The number of hydrogen-bond acceptors (Lipinski definition) is 4. The topological polar surface area (TPSA) is 86.8 Å². The van der Waals surface area contributed by atoms with Gasteiger partial charge in [-0.2, -0.15) is 0 Å². The molecule has 0 heterocycles. The summed E-state index contributed by atoms with van der Waals surface area (Å²) in [5.41, 5.74) is 1.29. The van der Waals surface area contributed by atoms with Crippen molar-refractivity contribution in [1.82, 2.24) is 10.2 Å². The number of anilines is 1. The summed E-state index contributed by atoms with van der Waals surface area (Å²) >= 11 is 6.31. The Morgan fingerprint density at radius 2 is 1.62 bits per heavy atom. The summed E-state index contributed by atoms with van der Waals surface area (Å²) in [6, 6.07) is 15.3. The van der Waals surface area contributed by atoms with E-state index in [4.69, 9.17) is 11.6 Å². The average molecular weight is 508 g/mol. The Labute approximate surface area is 208 Å². The predicted octanol–water partition coefficient (Wildman–Crippen LogP) is 4.08. The Morgan fingerprint density at radius 1 is 1.00 bits per heavy atom. The Hall–Kier alpha value is -2.58. The van der Waals surface area contributed by atoms with Crippen LogP contribution in [0.1, 0.15) is 39.2 Å². The van der Waals surface area contributed by atoms with E-state index in [9.17, 15) is 18.0 Å². The van der Waals surface area contributed by atoms with Crippen molar-refractivity contribution in [2.45, 2.75) is 46.2 Å². The third-order valence-corrected chi connectivity index (χ3v) is 6.91. The number of rotatable bonds is 12. The Bertz CT molecular complexity index is 1060. The van der Waals surface area contributed by atoms with Crippen molar-refractivity contribution >= 4 is 39.1 Å². The zero-order valence-corrected chi connectivity index (χ0v) is 21.8. The lowest BCUT2D eigenvalue weighted by atomic mass is 10.1. The number of carbonyl (C=O) groups excluding carboxylic acids is 2. The van der Waals surface area contributed by atoms with Gasteiger partial charge in [-0.1, -0.05) is 61.8 Å². The summed E-state index contributed by atoms with van der Waals surface area (Å²) in [5, 5.41) is 3.40. The lowest BCUT2D eigenvalue weighted by molar-refractivity contribution is -0.140. The van der Waals surface area contributed by atoms with Gasteiger partial charge in [0, 0.05) is 31.1 Å². The molecule has 2 rings (SSSR count). The van der Waals surface area contributed by atoms with Crippen molar-refractivity contribution in [2.24, 2.45) is 5.92 Å². The highest BCUT2D eigenvalue weighted by atomic mass is 35.5. The van der Waals surface area contributed by atoms with Crippen molar-refractivity contribution in [2.75, 3.05) is 23.7 Å². The van der Waals surface area contributed by atoms with Gasteiger partial charge in [-0.3, -0.25) is 13.9 Å². The molecule has 0 saturated carbocycles. The van der Waals surface area contributed by atoms with Crippen LogP contribution in [0.3, 0.4) is 0 Å². The molecular weight excluding hydrogens is 474 g/mol. The van der Waals surface area contributed by atoms with Gasteiger partial charge in [0.2, 0.25) is 21.8 Å². The van der Waals surface area contributed by atoms with Crippen molar-refractivity contribution in [3.8, 4) is 0 Å². The van der Waals surface area contributed by atoms with Crippen LogP contribution >= 0.6 is 11.6 Å². The second-order valence-corrected chi connectivity index (χ2v) is 11.0. The molecule has 0 aliphatic heterocycles. The van der Waals surface area contributed by atoms with Crippen molar-refractivity contribution < 1.29 is 18.0 Å². The normalized spacial score (nSPS) is 12.3. The van der Waals surface area contributed by atoms with Gasteiger partial charge in [0.25, 0.3) is 0 Å². The van der Waals surface area contributed by atoms with E-state index in [1.807, 2.05) is 32.0 Å². The molecular formula is C25H34ClN3O4S.